The molecule has 1 amide bonds. The Balaban J connectivity index is 0. The molecule has 0 aromatic carbocycles. The summed E-state index contributed by atoms with van der Waals surface area (Å²) >= 11 is 0. The average Bonchev–Trinajstić information content (AvgIpc) is 2.27. The first kappa shape index (κ1) is 18.8. The highest BCUT2D eigenvalue weighted by Crippen LogP contribution is 2.06. The number of carbonyl (C=O) groups excluding carboxylic acids is 1. The Bertz CT molecular complexity index is 296. The predicted molar refractivity (Wildman–Crippen MR) is 78.7 cm³/mol. The van der Waals surface area contributed by atoms with Crippen molar-refractivity contribution in [1.82, 2.24) is 5.32 Å². The summed E-state index contributed by atoms with van der Waals surface area (Å²) in [6.07, 6.45) is 6.95. The van der Waals surface area contributed by atoms with Crippen molar-refractivity contribution in [2.45, 2.75) is 47.1 Å². The maximum atomic E-state index is 11.4. The van der Waals surface area contributed by atoms with Gasteiger partial charge in [0.15, 0.2) is 0 Å². The van der Waals surface area contributed by atoms with Crippen molar-refractivity contribution in [2.75, 3.05) is 6.54 Å². The van der Waals surface area contributed by atoms with E-state index in [2.05, 4.69) is 11.9 Å². The van der Waals surface area contributed by atoms with Gasteiger partial charge in [-0.2, -0.15) is 0 Å². The van der Waals surface area contributed by atoms with E-state index in [1.54, 1.807) is 6.08 Å². The van der Waals surface area contributed by atoms with Gasteiger partial charge in [-0.05, 0) is 33.3 Å². The summed E-state index contributed by atoms with van der Waals surface area (Å²) in [6.45, 7) is 15.5. The van der Waals surface area contributed by atoms with Gasteiger partial charge < -0.3 is 10.1 Å². The highest BCUT2D eigenvalue weighted by molar-refractivity contribution is 5.68. The lowest BCUT2D eigenvalue weighted by Crippen LogP contribution is -2.33. The summed E-state index contributed by atoms with van der Waals surface area (Å²) in [5.74, 6) is 0. The number of ether oxygens (including phenoxy) is 1. The summed E-state index contributed by atoms with van der Waals surface area (Å²) in [5.41, 5.74) is 0.510. The quantitative estimate of drug-likeness (QED) is 0.761. The molecule has 0 atom stereocenters. The number of hydrogen-bond donors (Lipinski definition) is 1. The molecule has 0 aromatic rings. The zero-order chi connectivity index (χ0) is 14.6. The summed E-state index contributed by atoms with van der Waals surface area (Å²) in [5, 5.41) is 2.68. The minimum absolute atomic E-state index is 0.410. The first-order valence-electron chi connectivity index (χ1n) is 6.30. The van der Waals surface area contributed by atoms with Crippen molar-refractivity contribution < 1.29 is 9.53 Å². The van der Waals surface area contributed by atoms with E-state index in [0.29, 0.717) is 6.54 Å². The van der Waals surface area contributed by atoms with Gasteiger partial charge in [0.25, 0.3) is 0 Å². The molecule has 0 unspecified atom stereocenters. The molecular weight excluding hydrogens is 226 g/mol. The van der Waals surface area contributed by atoms with Gasteiger partial charge in [0.1, 0.15) is 5.60 Å². The first-order chi connectivity index (χ1) is 8.39. The molecule has 18 heavy (non-hydrogen) atoms. The number of nitrogens with one attached hydrogen (secondary N) is 1. The van der Waals surface area contributed by atoms with E-state index in [0.717, 1.165) is 5.57 Å². The fraction of sp³-hybridized carbons (Fsp3) is 0.533. The first-order valence-corrected chi connectivity index (χ1v) is 6.30. The molecule has 0 aliphatic heterocycles. The molecular formula is C15H27NO2. The van der Waals surface area contributed by atoms with Crippen molar-refractivity contribution in [3.63, 3.8) is 0 Å². The minimum atomic E-state index is -0.465. The molecule has 0 heterocycles. The monoisotopic (exact) mass is 253 g/mol. The van der Waals surface area contributed by atoms with Crippen molar-refractivity contribution in [1.29, 1.82) is 0 Å². The van der Waals surface area contributed by atoms with E-state index in [1.165, 1.54) is 0 Å². The van der Waals surface area contributed by atoms with E-state index < -0.39 is 11.7 Å². The van der Waals surface area contributed by atoms with Crippen LogP contribution in [0.3, 0.4) is 0 Å². The van der Waals surface area contributed by atoms with Crippen LogP contribution in [0.15, 0.2) is 36.5 Å². The van der Waals surface area contributed by atoms with Crippen LogP contribution in [0.2, 0.25) is 0 Å². The molecule has 3 heteroatoms. The molecule has 0 spiro atoms. The Hall–Kier alpha value is -1.51. The third kappa shape index (κ3) is 12.6. The topological polar surface area (TPSA) is 38.3 Å². The number of amides is 1. The second-order valence-electron chi connectivity index (χ2n) is 4.33. The van der Waals surface area contributed by atoms with Gasteiger partial charge in [-0.3, -0.25) is 0 Å². The Morgan fingerprint density at radius 1 is 1.33 bits per heavy atom. The van der Waals surface area contributed by atoms with E-state index in [9.17, 15) is 4.79 Å². The lowest BCUT2D eigenvalue weighted by Gasteiger charge is -2.19. The van der Waals surface area contributed by atoms with Crippen LogP contribution in [0.4, 0.5) is 4.79 Å². The Labute approximate surface area is 112 Å². The van der Waals surface area contributed by atoms with Crippen LogP contribution in [0, 0.1) is 0 Å². The van der Waals surface area contributed by atoms with Crippen LogP contribution in [-0.4, -0.2) is 18.2 Å². The molecule has 0 rings (SSSR count). The van der Waals surface area contributed by atoms with E-state index in [1.807, 2.05) is 59.8 Å². The molecule has 0 aliphatic rings. The molecule has 0 fully saturated rings. The molecule has 104 valence electrons. The normalized spacial score (nSPS) is 11.6. The van der Waals surface area contributed by atoms with Gasteiger partial charge in [-0.25, -0.2) is 4.79 Å². The van der Waals surface area contributed by atoms with Crippen LogP contribution in [0.25, 0.3) is 0 Å². The highest BCUT2D eigenvalue weighted by Gasteiger charge is 2.15. The maximum absolute atomic E-state index is 11.4. The van der Waals surface area contributed by atoms with Crippen LogP contribution in [0.5, 0.6) is 0 Å². The molecule has 1 N–H and O–H groups in total. The van der Waals surface area contributed by atoms with Gasteiger partial charge in [-0.1, -0.05) is 44.7 Å². The predicted octanol–water partition coefficient (Wildman–Crippen LogP) is 4.23. The Morgan fingerprint density at radius 3 is 2.28 bits per heavy atom. The SMILES string of the molecule is C=C/C=C(\C=C/C)CNC(=O)OC(C)(C)C.CC. The second kappa shape index (κ2) is 10.6. The van der Waals surface area contributed by atoms with Gasteiger partial charge in [0.05, 0.1) is 0 Å². The fourth-order valence-electron chi connectivity index (χ4n) is 1.03. The molecule has 0 aliphatic carbocycles. The van der Waals surface area contributed by atoms with Crippen LogP contribution >= 0.6 is 0 Å². The Kier molecular flexibility index (Phi) is 11.1. The van der Waals surface area contributed by atoms with Crippen LogP contribution < -0.4 is 5.32 Å². The largest absolute Gasteiger partial charge is 0.444 e. The zero-order valence-corrected chi connectivity index (χ0v) is 12.5. The van der Waals surface area contributed by atoms with Gasteiger partial charge >= 0.3 is 6.09 Å². The zero-order valence-electron chi connectivity index (χ0n) is 12.5. The number of alkyl carbamates (subject to hydrolysis) is 1. The van der Waals surface area contributed by atoms with Crippen molar-refractivity contribution in [3.05, 3.63) is 36.5 Å². The van der Waals surface area contributed by atoms with Crippen molar-refractivity contribution in [3.8, 4) is 0 Å². The maximum Gasteiger partial charge on any atom is 0.407 e. The minimum Gasteiger partial charge on any atom is -0.444 e. The van der Waals surface area contributed by atoms with E-state index in [4.69, 9.17) is 4.74 Å². The highest BCUT2D eigenvalue weighted by atomic mass is 16.6. The summed E-state index contributed by atoms with van der Waals surface area (Å²) < 4.78 is 5.12. The van der Waals surface area contributed by atoms with Crippen LogP contribution in [0.1, 0.15) is 41.5 Å². The molecule has 0 saturated carbocycles. The fourth-order valence-corrected chi connectivity index (χ4v) is 1.03. The van der Waals surface area contributed by atoms with Gasteiger partial charge in [-0.15, -0.1) is 0 Å². The second-order valence-corrected chi connectivity index (χ2v) is 4.33. The van der Waals surface area contributed by atoms with Crippen LogP contribution in [-0.2, 0) is 4.74 Å². The summed E-state index contributed by atoms with van der Waals surface area (Å²) in [6, 6.07) is 0. The third-order valence-electron chi connectivity index (χ3n) is 1.55. The lowest BCUT2D eigenvalue weighted by atomic mass is 10.2. The third-order valence-corrected chi connectivity index (χ3v) is 1.55. The van der Waals surface area contributed by atoms with Crippen molar-refractivity contribution >= 4 is 6.09 Å². The molecule has 0 aromatic heterocycles. The summed E-state index contributed by atoms with van der Waals surface area (Å²) in [7, 11) is 0. The number of allylic oxidation sites excluding steroid dienone is 3. The van der Waals surface area contributed by atoms with E-state index in [-0.39, 0.29) is 0 Å². The smallest absolute Gasteiger partial charge is 0.407 e. The standard InChI is InChI=1S/C13H21NO2.C2H6/c1-6-8-11(9-7-2)10-14-12(15)16-13(3,4)5;1-2/h6-9H,1,10H2,2-5H3,(H,14,15);1-2H3/b9-7-,11-8+;. The van der Waals surface area contributed by atoms with E-state index >= 15 is 0 Å². The summed E-state index contributed by atoms with van der Waals surface area (Å²) in [4.78, 5) is 11.4. The molecule has 3 nitrogen and oxygen atoms in total. The number of hydrogen-bond acceptors (Lipinski definition) is 2. The average molecular weight is 253 g/mol. The molecule has 0 saturated heterocycles. The number of carbonyl (C=O) groups is 1. The lowest BCUT2D eigenvalue weighted by molar-refractivity contribution is 0.0533. The van der Waals surface area contributed by atoms with Gasteiger partial charge in [0, 0.05) is 6.54 Å². The molecule has 0 radical (unpaired) electrons. The Morgan fingerprint density at radius 2 is 1.89 bits per heavy atom. The molecule has 0 bridgehead atoms. The van der Waals surface area contributed by atoms with Gasteiger partial charge in [0.2, 0.25) is 0 Å². The number of rotatable bonds is 4. The van der Waals surface area contributed by atoms with Crippen molar-refractivity contribution in [2.24, 2.45) is 0 Å².